The fraction of sp³-hybridized carbons (Fsp3) is 0.143. The second-order valence-electron chi connectivity index (χ2n) is 2.07. The summed E-state index contributed by atoms with van der Waals surface area (Å²) in [4.78, 5) is 0. The van der Waals surface area contributed by atoms with Gasteiger partial charge in [0, 0.05) is 6.07 Å². The van der Waals surface area contributed by atoms with Crippen molar-refractivity contribution in [3.8, 4) is 17.2 Å². The van der Waals surface area contributed by atoms with Gasteiger partial charge >= 0.3 is 0 Å². The van der Waals surface area contributed by atoms with Gasteiger partial charge in [0.05, 0.1) is 7.11 Å². The van der Waals surface area contributed by atoms with Crippen molar-refractivity contribution in [2.24, 2.45) is 0 Å². The molecular formula is C7H6F2O3. The van der Waals surface area contributed by atoms with Crippen LogP contribution in [-0.4, -0.2) is 17.3 Å². The van der Waals surface area contributed by atoms with Crippen molar-refractivity contribution < 1.29 is 23.7 Å². The van der Waals surface area contributed by atoms with Crippen LogP contribution in [0.4, 0.5) is 8.78 Å². The summed E-state index contributed by atoms with van der Waals surface area (Å²) < 4.78 is 29.5. The van der Waals surface area contributed by atoms with E-state index in [4.69, 9.17) is 10.2 Å². The summed E-state index contributed by atoms with van der Waals surface area (Å²) in [6.07, 6.45) is 0. The van der Waals surface area contributed by atoms with Crippen LogP contribution in [0, 0.1) is 11.6 Å². The summed E-state index contributed by atoms with van der Waals surface area (Å²) in [5.41, 5.74) is 0. The van der Waals surface area contributed by atoms with Crippen molar-refractivity contribution in [3.05, 3.63) is 17.7 Å². The molecule has 66 valence electrons. The lowest BCUT2D eigenvalue weighted by Crippen LogP contribution is -1.90. The molecule has 0 unspecified atom stereocenters. The Kier molecular flexibility index (Phi) is 2.03. The van der Waals surface area contributed by atoms with E-state index in [0.717, 1.165) is 7.11 Å². The second-order valence-corrected chi connectivity index (χ2v) is 2.07. The van der Waals surface area contributed by atoms with Crippen molar-refractivity contribution in [1.82, 2.24) is 0 Å². The highest BCUT2D eigenvalue weighted by Crippen LogP contribution is 2.38. The van der Waals surface area contributed by atoms with Gasteiger partial charge in [-0.15, -0.1) is 0 Å². The van der Waals surface area contributed by atoms with Gasteiger partial charge in [0.15, 0.2) is 17.4 Å². The van der Waals surface area contributed by atoms with Crippen molar-refractivity contribution in [2.45, 2.75) is 0 Å². The lowest BCUT2D eigenvalue weighted by Gasteiger charge is -2.05. The minimum absolute atomic E-state index is 0.424. The highest BCUT2D eigenvalue weighted by molar-refractivity contribution is 5.50. The van der Waals surface area contributed by atoms with Gasteiger partial charge in [-0.1, -0.05) is 0 Å². The van der Waals surface area contributed by atoms with E-state index in [9.17, 15) is 8.78 Å². The standard InChI is InChI=1S/C7H6F2O3/c1-12-7-4(9)2-3(8)5(10)6(7)11/h2,10-11H,1H3. The van der Waals surface area contributed by atoms with E-state index in [2.05, 4.69) is 4.74 Å². The molecule has 1 aromatic carbocycles. The minimum Gasteiger partial charge on any atom is -0.502 e. The molecule has 0 amide bonds. The number of methoxy groups -OCH3 is 1. The Balaban J connectivity index is 3.40. The van der Waals surface area contributed by atoms with Gasteiger partial charge in [-0.05, 0) is 0 Å². The van der Waals surface area contributed by atoms with Crippen LogP contribution in [0.3, 0.4) is 0 Å². The Bertz CT molecular complexity index is 312. The number of rotatable bonds is 1. The largest absolute Gasteiger partial charge is 0.502 e. The average molecular weight is 176 g/mol. The molecule has 0 aliphatic rings. The molecule has 0 atom stereocenters. The summed E-state index contributed by atoms with van der Waals surface area (Å²) in [5.74, 6) is -4.83. The molecule has 0 radical (unpaired) electrons. The Morgan fingerprint density at radius 3 is 2.25 bits per heavy atom. The van der Waals surface area contributed by atoms with E-state index in [1.165, 1.54) is 0 Å². The minimum atomic E-state index is -1.23. The number of halogens is 2. The van der Waals surface area contributed by atoms with Gasteiger partial charge in [0.25, 0.3) is 0 Å². The summed E-state index contributed by atoms with van der Waals surface area (Å²) in [6.45, 7) is 0. The zero-order valence-corrected chi connectivity index (χ0v) is 6.14. The number of phenolic OH excluding ortho intramolecular Hbond substituents is 2. The smallest absolute Gasteiger partial charge is 0.206 e. The molecule has 5 heteroatoms. The van der Waals surface area contributed by atoms with Gasteiger partial charge in [0.1, 0.15) is 0 Å². The third kappa shape index (κ3) is 1.13. The number of phenols is 2. The number of aromatic hydroxyl groups is 2. The molecule has 3 nitrogen and oxygen atoms in total. The lowest BCUT2D eigenvalue weighted by molar-refractivity contribution is 0.322. The van der Waals surface area contributed by atoms with Crippen molar-refractivity contribution in [2.75, 3.05) is 7.11 Å². The van der Waals surface area contributed by atoms with Gasteiger partial charge in [0.2, 0.25) is 11.5 Å². The Morgan fingerprint density at radius 2 is 1.75 bits per heavy atom. The van der Waals surface area contributed by atoms with Crippen molar-refractivity contribution in [1.29, 1.82) is 0 Å². The van der Waals surface area contributed by atoms with E-state index >= 15 is 0 Å². The molecule has 1 rings (SSSR count). The van der Waals surface area contributed by atoms with E-state index in [-0.39, 0.29) is 0 Å². The zero-order chi connectivity index (χ0) is 9.30. The third-order valence-corrected chi connectivity index (χ3v) is 1.34. The molecule has 0 fully saturated rings. The maximum Gasteiger partial charge on any atom is 0.206 e. The lowest BCUT2D eigenvalue weighted by atomic mass is 10.2. The second kappa shape index (κ2) is 2.84. The Labute approximate surface area is 66.8 Å². The Morgan fingerprint density at radius 1 is 1.17 bits per heavy atom. The van der Waals surface area contributed by atoms with E-state index < -0.39 is 28.9 Å². The zero-order valence-electron chi connectivity index (χ0n) is 6.14. The SMILES string of the molecule is COc1c(F)cc(F)c(O)c1O. The molecule has 1 aromatic rings. The van der Waals surface area contributed by atoms with Crippen molar-refractivity contribution >= 4 is 0 Å². The van der Waals surface area contributed by atoms with Gasteiger partial charge in [-0.25, -0.2) is 8.78 Å². The van der Waals surface area contributed by atoms with Crippen molar-refractivity contribution in [3.63, 3.8) is 0 Å². The first-order chi connectivity index (χ1) is 5.57. The number of ether oxygens (including phenoxy) is 1. The molecule has 0 aliphatic heterocycles. The van der Waals surface area contributed by atoms with Crippen LogP contribution in [-0.2, 0) is 0 Å². The fourth-order valence-corrected chi connectivity index (χ4v) is 0.773. The van der Waals surface area contributed by atoms with Crippen LogP contribution in [0.25, 0.3) is 0 Å². The molecular weight excluding hydrogens is 170 g/mol. The first-order valence-corrected chi connectivity index (χ1v) is 3.01. The van der Waals surface area contributed by atoms with Crippen LogP contribution in [0.1, 0.15) is 0 Å². The average Bonchev–Trinajstić information content (AvgIpc) is 2.01. The molecule has 0 saturated heterocycles. The molecule has 0 bridgehead atoms. The summed E-state index contributed by atoms with van der Waals surface area (Å²) in [6, 6.07) is 0.424. The summed E-state index contributed by atoms with van der Waals surface area (Å²) in [5, 5.41) is 17.7. The molecule has 12 heavy (non-hydrogen) atoms. The van der Waals surface area contributed by atoms with Crippen LogP contribution in [0.15, 0.2) is 6.07 Å². The Hall–Kier alpha value is -1.52. The fourth-order valence-electron chi connectivity index (χ4n) is 0.773. The highest BCUT2D eigenvalue weighted by Gasteiger charge is 2.17. The maximum atomic E-state index is 12.7. The molecule has 0 spiro atoms. The quantitative estimate of drug-likeness (QED) is 0.635. The van der Waals surface area contributed by atoms with E-state index in [1.807, 2.05) is 0 Å². The monoisotopic (exact) mass is 176 g/mol. The molecule has 2 N–H and O–H groups in total. The number of hydrogen-bond donors (Lipinski definition) is 2. The van der Waals surface area contributed by atoms with Crippen LogP contribution >= 0.6 is 0 Å². The third-order valence-electron chi connectivity index (χ3n) is 1.34. The van der Waals surface area contributed by atoms with Crippen LogP contribution < -0.4 is 4.74 Å². The molecule has 0 saturated carbocycles. The highest BCUT2D eigenvalue weighted by atomic mass is 19.1. The number of benzene rings is 1. The number of hydrogen-bond acceptors (Lipinski definition) is 3. The first kappa shape index (κ1) is 8.58. The van der Waals surface area contributed by atoms with Crippen LogP contribution in [0.2, 0.25) is 0 Å². The van der Waals surface area contributed by atoms with E-state index in [0.29, 0.717) is 6.07 Å². The molecule has 0 aromatic heterocycles. The van der Waals surface area contributed by atoms with Gasteiger partial charge in [-0.3, -0.25) is 0 Å². The molecule has 0 aliphatic carbocycles. The predicted octanol–water partition coefficient (Wildman–Crippen LogP) is 1.38. The first-order valence-electron chi connectivity index (χ1n) is 3.01. The van der Waals surface area contributed by atoms with Gasteiger partial charge < -0.3 is 14.9 Å². The summed E-state index contributed by atoms with van der Waals surface area (Å²) >= 11 is 0. The topological polar surface area (TPSA) is 49.7 Å². The molecule has 0 heterocycles. The predicted molar refractivity (Wildman–Crippen MR) is 36.2 cm³/mol. The summed E-state index contributed by atoms with van der Waals surface area (Å²) in [7, 11) is 1.09. The maximum absolute atomic E-state index is 12.7. The van der Waals surface area contributed by atoms with Crippen LogP contribution in [0.5, 0.6) is 17.2 Å². The van der Waals surface area contributed by atoms with E-state index in [1.54, 1.807) is 0 Å². The van der Waals surface area contributed by atoms with Gasteiger partial charge in [-0.2, -0.15) is 0 Å². The normalized spacial score (nSPS) is 9.92.